The summed E-state index contributed by atoms with van der Waals surface area (Å²) in [6.45, 7) is 5.94. The zero-order valence-corrected chi connectivity index (χ0v) is 20.8. The van der Waals surface area contributed by atoms with E-state index in [1.807, 2.05) is 13.8 Å². The molecule has 0 radical (unpaired) electrons. The predicted molar refractivity (Wildman–Crippen MR) is 129 cm³/mol. The monoisotopic (exact) mass is 485 g/mol. The fourth-order valence-corrected chi connectivity index (χ4v) is 6.12. The number of carbonyl (C=O) groups is 4. The molecule has 2 atom stereocenters. The van der Waals surface area contributed by atoms with Crippen LogP contribution in [0.2, 0.25) is 0 Å². The first-order valence-corrected chi connectivity index (χ1v) is 13.0. The van der Waals surface area contributed by atoms with Gasteiger partial charge in [0.25, 0.3) is 0 Å². The van der Waals surface area contributed by atoms with Crippen molar-refractivity contribution in [1.29, 1.82) is 0 Å². The summed E-state index contributed by atoms with van der Waals surface area (Å²) in [6.07, 6.45) is 4.56. The maximum Gasteiger partial charge on any atom is 0.241 e. The SMILES string of the molecule is CCN(CC)C(=O)[C@@H]1CCCN(C(=O)C[C@@]2(c3cccc(F)c3)CC(=O)N(C3CCCC3)C2=O)C1. The van der Waals surface area contributed by atoms with Crippen molar-refractivity contribution >= 4 is 23.6 Å². The van der Waals surface area contributed by atoms with Crippen LogP contribution in [0.3, 0.4) is 0 Å². The van der Waals surface area contributed by atoms with Crippen LogP contribution in [0.25, 0.3) is 0 Å². The molecule has 3 fully saturated rings. The van der Waals surface area contributed by atoms with Gasteiger partial charge in [0.15, 0.2) is 0 Å². The van der Waals surface area contributed by atoms with E-state index in [2.05, 4.69) is 0 Å². The van der Waals surface area contributed by atoms with Crippen LogP contribution in [-0.2, 0) is 24.6 Å². The molecule has 3 aliphatic rings. The number of hydrogen-bond acceptors (Lipinski definition) is 4. The summed E-state index contributed by atoms with van der Waals surface area (Å²) in [5, 5.41) is 0. The molecule has 4 rings (SSSR count). The summed E-state index contributed by atoms with van der Waals surface area (Å²) in [7, 11) is 0. The van der Waals surface area contributed by atoms with Crippen LogP contribution in [-0.4, -0.2) is 70.5 Å². The van der Waals surface area contributed by atoms with Crippen LogP contribution in [0.1, 0.15) is 70.8 Å². The van der Waals surface area contributed by atoms with Gasteiger partial charge >= 0.3 is 0 Å². The maximum atomic E-state index is 14.2. The van der Waals surface area contributed by atoms with Gasteiger partial charge in [0, 0.05) is 45.1 Å². The maximum absolute atomic E-state index is 14.2. The van der Waals surface area contributed by atoms with Gasteiger partial charge in [-0.3, -0.25) is 24.1 Å². The molecule has 4 amide bonds. The van der Waals surface area contributed by atoms with E-state index in [-0.39, 0.29) is 48.4 Å². The number of likely N-dealkylation sites (tertiary alicyclic amines) is 2. The third kappa shape index (κ3) is 4.84. The van der Waals surface area contributed by atoms with Crippen LogP contribution in [0.15, 0.2) is 24.3 Å². The van der Waals surface area contributed by atoms with Crippen LogP contribution >= 0.6 is 0 Å². The molecule has 0 bridgehead atoms. The van der Waals surface area contributed by atoms with Crippen molar-refractivity contribution in [2.75, 3.05) is 26.2 Å². The first-order chi connectivity index (χ1) is 16.8. The molecule has 0 N–H and O–H groups in total. The van der Waals surface area contributed by atoms with Gasteiger partial charge in [-0.25, -0.2) is 4.39 Å². The minimum atomic E-state index is -1.41. The van der Waals surface area contributed by atoms with Gasteiger partial charge in [0.1, 0.15) is 5.82 Å². The summed E-state index contributed by atoms with van der Waals surface area (Å²) >= 11 is 0. The average Bonchev–Trinajstić information content (AvgIpc) is 3.46. The highest BCUT2D eigenvalue weighted by molar-refractivity contribution is 6.11. The number of piperidine rings is 1. The lowest BCUT2D eigenvalue weighted by Gasteiger charge is -2.36. The van der Waals surface area contributed by atoms with Crippen molar-refractivity contribution in [3.8, 4) is 0 Å². The summed E-state index contributed by atoms with van der Waals surface area (Å²) in [6, 6.07) is 5.59. The van der Waals surface area contributed by atoms with Crippen molar-refractivity contribution in [3.05, 3.63) is 35.6 Å². The molecule has 2 heterocycles. The van der Waals surface area contributed by atoms with Gasteiger partial charge in [0.05, 0.1) is 11.3 Å². The van der Waals surface area contributed by atoms with Crippen LogP contribution in [0.4, 0.5) is 4.39 Å². The second-order valence-electron chi connectivity index (χ2n) is 10.1. The molecule has 190 valence electrons. The molecule has 1 aliphatic carbocycles. The van der Waals surface area contributed by atoms with E-state index in [1.54, 1.807) is 15.9 Å². The molecule has 0 aromatic heterocycles. The lowest BCUT2D eigenvalue weighted by Crippen LogP contribution is -2.49. The molecule has 0 spiro atoms. The summed E-state index contributed by atoms with van der Waals surface area (Å²) in [5.74, 6) is -1.66. The number of amides is 4. The van der Waals surface area contributed by atoms with Gasteiger partial charge in [-0.05, 0) is 57.2 Å². The molecule has 35 heavy (non-hydrogen) atoms. The molecule has 0 unspecified atom stereocenters. The highest BCUT2D eigenvalue weighted by Gasteiger charge is 2.56. The second kappa shape index (κ2) is 10.5. The minimum Gasteiger partial charge on any atom is -0.343 e. The fraction of sp³-hybridized carbons (Fsp3) is 0.630. The Morgan fingerprint density at radius 3 is 2.46 bits per heavy atom. The molecule has 7 nitrogen and oxygen atoms in total. The summed E-state index contributed by atoms with van der Waals surface area (Å²) < 4.78 is 14.2. The third-order valence-corrected chi connectivity index (χ3v) is 8.07. The second-order valence-corrected chi connectivity index (χ2v) is 10.1. The average molecular weight is 486 g/mol. The first kappa shape index (κ1) is 25.3. The normalized spacial score (nSPS) is 25.4. The van der Waals surface area contributed by atoms with E-state index in [1.165, 1.54) is 23.1 Å². The van der Waals surface area contributed by atoms with Crippen LogP contribution in [0, 0.1) is 11.7 Å². The Hall–Kier alpha value is -2.77. The Labute approximate surface area is 206 Å². The van der Waals surface area contributed by atoms with Crippen LogP contribution < -0.4 is 0 Å². The molecule has 1 aromatic carbocycles. The van der Waals surface area contributed by atoms with Crippen molar-refractivity contribution < 1.29 is 23.6 Å². The Kier molecular flexibility index (Phi) is 7.57. The van der Waals surface area contributed by atoms with E-state index >= 15 is 0 Å². The van der Waals surface area contributed by atoms with Gasteiger partial charge in [0.2, 0.25) is 23.6 Å². The minimum absolute atomic E-state index is 0.0480. The highest BCUT2D eigenvalue weighted by Crippen LogP contribution is 2.43. The first-order valence-electron chi connectivity index (χ1n) is 13.0. The Balaban J connectivity index is 1.60. The van der Waals surface area contributed by atoms with Crippen molar-refractivity contribution in [1.82, 2.24) is 14.7 Å². The number of imide groups is 1. The van der Waals surface area contributed by atoms with E-state index in [4.69, 9.17) is 0 Å². The van der Waals surface area contributed by atoms with Crippen LogP contribution in [0.5, 0.6) is 0 Å². The van der Waals surface area contributed by atoms with Crippen molar-refractivity contribution in [2.24, 2.45) is 5.92 Å². The number of carbonyl (C=O) groups excluding carboxylic acids is 4. The zero-order chi connectivity index (χ0) is 25.2. The number of nitrogens with zero attached hydrogens (tertiary/aromatic N) is 3. The summed E-state index contributed by atoms with van der Waals surface area (Å²) in [5.41, 5.74) is -1.04. The van der Waals surface area contributed by atoms with E-state index in [0.29, 0.717) is 38.2 Å². The smallest absolute Gasteiger partial charge is 0.241 e. The third-order valence-electron chi connectivity index (χ3n) is 8.07. The standard InChI is InChI=1S/C27H36FN3O4/c1-3-29(4-2)25(34)19-9-8-14-30(18-19)23(32)16-27(20-10-7-11-21(28)15-20)17-24(33)31(26(27)35)22-12-5-6-13-22/h7,10-11,15,19,22H,3-6,8-9,12-14,16-18H2,1-2H3/t19-,27+/m1/s1. The fourth-order valence-electron chi connectivity index (χ4n) is 6.12. The topological polar surface area (TPSA) is 78.0 Å². The highest BCUT2D eigenvalue weighted by atomic mass is 19.1. The Morgan fingerprint density at radius 1 is 1.09 bits per heavy atom. The number of halogens is 1. The molecular weight excluding hydrogens is 449 g/mol. The van der Waals surface area contributed by atoms with E-state index in [9.17, 15) is 23.6 Å². The van der Waals surface area contributed by atoms with Gasteiger partial charge in [-0.15, -0.1) is 0 Å². The lowest BCUT2D eigenvalue weighted by molar-refractivity contribution is -0.146. The number of hydrogen-bond donors (Lipinski definition) is 0. The van der Waals surface area contributed by atoms with E-state index in [0.717, 1.165) is 32.1 Å². The molecule has 1 saturated carbocycles. The quantitative estimate of drug-likeness (QED) is 0.556. The molecular formula is C27H36FN3O4. The van der Waals surface area contributed by atoms with E-state index < -0.39 is 11.2 Å². The zero-order valence-electron chi connectivity index (χ0n) is 20.8. The van der Waals surface area contributed by atoms with Crippen molar-refractivity contribution in [3.63, 3.8) is 0 Å². The molecule has 2 aliphatic heterocycles. The van der Waals surface area contributed by atoms with Gasteiger partial charge < -0.3 is 9.80 Å². The molecule has 1 aromatic rings. The Bertz CT molecular complexity index is 988. The Morgan fingerprint density at radius 2 is 1.80 bits per heavy atom. The largest absolute Gasteiger partial charge is 0.343 e. The summed E-state index contributed by atoms with van der Waals surface area (Å²) in [4.78, 5) is 58.3. The lowest BCUT2D eigenvalue weighted by atomic mass is 9.75. The predicted octanol–water partition coefficient (Wildman–Crippen LogP) is 3.26. The number of benzene rings is 1. The molecule has 8 heteroatoms. The van der Waals surface area contributed by atoms with Gasteiger partial charge in [-0.1, -0.05) is 25.0 Å². The number of rotatable bonds is 7. The van der Waals surface area contributed by atoms with Gasteiger partial charge in [-0.2, -0.15) is 0 Å². The van der Waals surface area contributed by atoms with Crippen molar-refractivity contribution in [2.45, 2.75) is 76.7 Å². The molecule has 2 saturated heterocycles.